The van der Waals surface area contributed by atoms with Gasteiger partial charge >= 0.3 is 6.61 Å². The molecule has 2 rings (SSSR count). The van der Waals surface area contributed by atoms with Crippen molar-refractivity contribution >= 4 is 0 Å². The normalized spacial score (nSPS) is 22.8. The molecule has 106 valence electrons. The van der Waals surface area contributed by atoms with Gasteiger partial charge in [0.1, 0.15) is 0 Å². The van der Waals surface area contributed by atoms with Gasteiger partial charge in [0.05, 0.1) is 6.61 Å². The van der Waals surface area contributed by atoms with Crippen LogP contribution in [0.1, 0.15) is 31.7 Å². The Hall–Kier alpha value is -1.36. The van der Waals surface area contributed by atoms with Gasteiger partial charge < -0.3 is 14.8 Å². The summed E-state index contributed by atoms with van der Waals surface area (Å²) in [5.74, 6) is 0.874. The summed E-state index contributed by atoms with van der Waals surface area (Å²) in [6.07, 6.45) is 1.04. The number of hydrogen-bond acceptors (Lipinski definition) is 3. The summed E-state index contributed by atoms with van der Waals surface area (Å²) in [5, 5.41) is 3.37. The average Bonchev–Trinajstić information content (AvgIpc) is 2.77. The Morgan fingerprint density at radius 1 is 1.37 bits per heavy atom. The molecule has 2 unspecified atom stereocenters. The monoisotopic (exact) mass is 271 g/mol. The lowest BCUT2D eigenvalue weighted by atomic mass is 9.92. The average molecular weight is 271 g/mol. The van der Waals surface area contributed by atoms with Crippen molar-refractivity contribution in [2.24, 2.45) is 0 Å². The number of benzene rings is 1. The van der Waals surface area contributed by atoms with E-state index in [1.807, 2.05) is 19.1 Å². The molecular formula is C14H19F2NO2. The third-order valence-corrected chi connectivity index (χ3v) is 3.44. The summed E-state index contributed by atoms with van der Waals surface area (Å²) in [6, 6.07) is 5.61. The Morgan fingerprint density at radius 3 is 2.74 bits per heavy atom. The lowest BCUT2D eigenvalue weighted by Crippen LogP contribution is -2.21. The third kappa shape index (κ3) is 3.35. The van der Waals surface area contributed by atoms with Crippen molar-refractivity contribution in [3.05, 3.63) is 23.8 Å². The molecule has 1 saturated heterocycles. The first-order chi connectivity index (χ1) is 9.11. The summed E-state index contributed by atoms with van der Waals surface area (Å²) >= 11 is 0. The minimum absolute atomic E-state index is 0.0965. The third-order valence-electron chi connectivity index (χ3n) is 3.44. The van der Waals surface area contributed by atoms with Crippen LogP contribution in [0.15, 0.2) is 18.2 Å². The van der Waals surface area contributed by atoms with E-state index in [4.69, 9.17) is 4.74 Å². The van der Waals surface area contributed by atoms with Crippen LogP contribution in [-0.4, -0.2) is 25.8 Å². The zero-order valence-corrected chi connectivity index (χ0v) is 11.2. The molecule has 0 saturated carbocycles. The Balaban J connectivity index is 2.24. The van der Waals surface area contributed by atoms with Crippen LogP contribution in [0, 0.1) is 0 Å². The highest BCUT2D eigenvalue weighted by Gasteiger charge is 2.25. The van der Waals surface area contributed by atoms with Crippen molar-refractivity contribution in [1.82, 2.24) is 5.32 Å². The zero-order valence-electron chi connectivity index (χ0n) is 11.2. The van der Waals surface area contributed by atoms with Gasteiger partial charge in [0.25, 0.3) is 0 Å². The lowest BCUT2D eigenvalue weighted by molar-refractivity contribution is -0.0514. The standard InChI is InChI=1S/C14H19F2NO2/c1-3-18-13-8-10(11-6-7-17-9(11)2)4-5-12(13)19-14(15)16/h4-5,8-9,11,14,17H,3,6-7H2,1-2H3. The fraction of sp³-hybridized carbons (Fsp3) is 0.571. The van der Waals surface area contributed by atoms with Gasteiger partial charge in [-0.3, -0.25) is 0 Å². The summed E-state index contributed by atoms with van der Waals surface area (Å²) in [7, 11) is 0. The molecule has 0 aliphatic carbocycles. The molecule has 0 radical (unpaired) electrons. The molecule has 1 heterocycles. The molecule has 2 atom stereocenters. The second-order valence-corrected chi connectivity index (χ2v) is 4.66. The molecule has 0 spiro atoms. The van der Waals surface area contributed by atoms with E-state index in [9.17, 15) is 8.78 Å². The summed E-state index contributed by atoms with van der Waals surface area (Å²) < 4.78 is 34.5. The molecule has 0 amide bonds. The highest BCUT2D eigenvalue weighted by atomic mass is 19.3. The number of nitrogens with one attached hydrogen (secondary N) is 1. The van der Waals surface area contributed by atoms with E-state index in [1.165, 1.54) is 0 Å². The maximum atomic E-state index is 12.3. The maximum absolute atomic E-state index is 12.3. The topological polar surface area (TPSA) is 30.5 Å². The van der Waals surface area contributed by atoms with Crippen LogP contribution < -0.4 is 14.8 Å². The lowest BCUT2D eigenvalue weighted by Gasteiger charge is -2.18. The molecule has 19 heavy (non-hydrogen) atoms. The molecule has 1 aromatic rings. The molecule has 1 fully saturated rings. The molecule has 1 aliphatic heterocycles. The summed E-state index contributed by atoms with van der Waals surface area (Å²) in [6.45, 7) is 2.50. The fourth-order valence-corrected chi connectivity index (χ4v) is 2.53. The van der Waals surface area contributed by atoms with Crippen LogP contribution in [0.3, 0.4) is 0 Å². The molecule has 3 nitrogen and oxygen atoms in total. The van der Waals surface area contributed by atoms with E-state index >= 15 is 0 Å². The van der Waals surface area contributed by atoms with Gasteiger partial charge in [-0.2, -0.15) is 8.78 Å². The van der Waals surface area contributed by atoms with Gasteiger partial charge in [0, 0.05) is 12.0 Å². The van der Waals surface area contributed by atoms with Crippen molar-refractivity contribution in [2.75, 3.05) is 13.2 Å². The van der Waals surface area contributed by atoms with Crippen LogP contribution in [0.5, 0.6) is 11.5 Å². The number of halogens is 2. The predicted octanol–water partition coefficient (Wildman–Crippen LogP) is 3.15. The smallest absolute Gasteiger partial charge is 0.387 e. The van der Waals surface area contributed by atoms with Gasteiger partial charge in [-0.1, -0.05) is 6.07 Å². The van der Waals surface area contributed by atoms with Gasteiger partial charge in [-0.05, 0) is 44.5 Å². The zero-order chi connectivity index (χ0) is 13.8. The SMILES string of the molecule is CCOc1cc(C2CCNC2C)ccc1OC(F)F. The quantitative estimate of drug-likeness (QED) is 0.892. The van der Waals surface area contributed by atoms with E-state index in [-0.39, 0.29) is 5.75 Å². The first-order valence-corrected chi connectivity index (χ1v) is 6.56. The van der Waals surface area contributed by atoms with Gasteiger partial charge in [0.15, 0.2) is 11.5 Å². The number of ether oxygens (including phenoxy) is 2. The van der Waals surface area contributed by atoms with E-state index < -0.39 is 6.61 Å². The Labute approximate surface area is 111 Å². The van der Waals surface area contributed by atoms with Gasteiger partial charge in [-0.15, -0.1) is 0 Å². The highest BCUT2D eigenvalue weighted by molar-refractivity contribution is 5.44. The number of hydrogen-bond donors (Lipinski definition) is 1. The molecule has 1 N–H and O–H groups in total. The van der Waals surface area contributed by atoms with Crippen LogP contribution in [0.4, 0.5) is 8.78 Å². The van der Waals surface area contributed by atoms with E-state index in [1.54, 1.807) is 6.07 Å². The van der Waals surface area contributed by atoms with E-state index in [0.717, 1.165) is 18.5 Å². The Bertz CT molecular complexity index is 426. The summed E-state index contributed by atoms with van der Waals surface area (Å²) in [5.41, 5.74) is 1.10. The first kappa shape index (κ1) is 14.1. The fourth-order valence-electron chi connectivity index (χ4n) is 2.53. The van der Waals surface area contributed by atoms with E-state index in [2.05, 4.69) is 17.0 Å². The molecule has 1 aliphatic rings. The van der Waals surface area contributed by atoms with E-state index in [0.29, 0.717) is 24.3 Å². The minimum Gasteiger partial charge on any atom is -0.490 e. The minimum atomic E-state index is -2.84. The first-order valence-electron chi connectivity index (χ1n) is 6.56. The van der Waals surface area contributed by atoms with Gasteiger partial charge in [-0.25, -0.2) is 0 Å². The molecule has 5 heteroatoms. The molecule has 1 aromatic carbocycles. The van der Waals surface area contributed by atoms with Crippen molar-refractivity contribution < 1.29 is 18.3 Å². The second-order valence-electron chi connectivity index (χ2n) is 4.66. The maximum Gasteiger partial charge on any atom is 0.387 e. The predicted molar refractivity (Wildman–Crippen MR) is 69.1 cm³/mol. The molecule has 0 bridgehead atoms. The van der Waals surface area contributed by atoms with Crippen molar-refractivity contribution in [1.29, 1.82) is 0 Å². The van der Waals surface area contributed by atoms with Crippen molar-refractivity contribution in [2.45, 2.75) is 38.8 Å². The van der Waals surface area contributed by atoms with Crippen molar-refractivity contribution in [3.8, 4) is 11.5 Å². The Morgan fingerprint density at radius 2 is 2.16 bits per heavy atom. The van der Waals surface area contributed by atoms with Crippen LogP contribution in [0.2, 0.25) is 0 Å². The van der Waals surface area contributed by atoms with Crippen LogP contribution >= 0.6 is 0 Å². The molecule has 0 aromatic heterocycles. The van der Waals surface area contributed by atoms with Gasteiger partial charge in [0.2, 0.25) is 0 Å². The highest BCUT2D eigenvalue weighted by Crippen LogP contribution is 2.35. The Kier molecular flexibility index (Phi) is 4.58. The van der Waals surface area contributed by atoms with Crippen LogP contribution in [-0.2, 0) is 0 Å². The van der Waals surface area contributed by atoms with Crippen molar-refractivity contribution in [3.63, 3.8) is 0 Å². The largest absolute Gasteiger partial charge is 0.490 e. The second kappa shape index (κ2) is 6.19. The summed E-state index contributed by atoms with van der Waals surface area (Å²) in [4.78, 5) is 0. The number of rotatable bonds is 5. The number of alkyl halides is 2. The molecular weight excluding hydrogens is 252 g/mol. The van der Waals surface area contributed by atoms with Crippen LogP contribution in [0.25, 0.3) is 0 Å².